The molecule has 5 heteroatoms. The van der Waals surface area contributed by atoms with Crippen LogP contribution in [-0.4, -0.2) is 28.2 Å². The van der Waals surface area contributed by atoms with Crippen LogP contribution in [0.4, 0.5) is 4.79 Å². The monoisotopic (exact) mass is 355 g/mol. The summed E-state index contributed by atoms with van der Waals surface area (Å²) in [5.41, 5.74) is 2.46. The number of aliphatic hydroxyl groups excluding tert-OH is 1. The van der Waals surface area contributed by atoms with Gasteiger partial charge >= 0.3 is 6.09 Å². The molecular formula is C21H25NO4. The van der Waals surface area contributed by atoms with Crippen LogP contribution in [0.25, 0.3) is 0 Å². The van der Waals surface area contributed by atoms with Crippen molar-refractivity contribution in [3.63, 3.8) is 0 Å². The summed E-state index contributed by atoms with van der Waals surface area (Å²) < 4.78 is 11.6. The summed E-state index contributed by atoms with van der Waals surface area (Å²) in [5, 5.41) is 9.30. The number of aliphatic hydroxyl groups is 1. The molecule has 1 heterocycles. The highest BCUT2D eigenvalue weighted by Gasteiger charge is 2.27. The number of ether oxygens (including phenoxy) is 2. The maximum atomic E-state index is 12.4. The van der Waals surface area contributed by atoms with E-state index in [1.807, 2.05) is 57.2 Å². The fourth-order valence-electron chi connectivity index (χ4n) is 2.96. The van der Waals surface area contributed by atoms with Crippen LogP contribution in [-0.2, 0) is 24.3 Å². The molecule has 3 rings (SSSR count). The molecule has 0 fully saturated rings. The van der Waals surface area contributed by atoms with Crippen LogP contribution >= 0.6 is 0 Å². The fourth-order valence-corrected chi connectivity index (χ4v) is 2.96. The quantitative estimate of drug-likeness (QED) is 0.893. The van der Waals surface area contributed by atoms with Crippen LogP contribution in [0.3, 0.4) is 0 Å². The predicted octanol–water partition coefficient (Wildman–Crippen LogP) is 4.26. The van der Waals surface area contributed by atoms with Crippen LogP contribution in [0.2, 0.25) is 0 Å². The van der Waals surface area contributed by atoms with Crippen LogP contribution in [0.5, 0.6) is 11.5 Å². The van der Waals surface area contributed by atoms with Crippen molar-refractivity contribution in [1.29, 1.82) is 0 Å². The molecule has 0 spiro atoms. The zero-order chi connectivity index (χ0) is 18.7. The molecule has 1 N–H and O–H groups in total. The Bertz CT molecular complexity index is 795. The third-order valence-corrected chi connectivity index (χ3v) is 4.19. The third kappa shape index (κ3) is 4.35. The van der Waals surface area contributed by atoms with Crippen LogP contribution in [0.15, 0.2) is 42.5 Å². The maximum Gasteiger partial charge on any atom is 0.410 e. The van der Waals surface area contributed by atoms with Crippen LogP contribution in [0, 0.1) is 0 Å². The molecule has 26 heavy (non-hydrogen) atoms. The van der Waals surface area contributed by atoms with E-state index in [1.165, 1.54) is 5.56 Å². The van der Waals surface area contributed by atoms with Gasteiger partial charge in [0.05, 0.1) is 13.2 Å². The second-order valence-corrected chi connectivity index (χ2v) is 7.45. The first-order valence-corrected chi connectivity index (χ1v) is 8.82. The fraction of sp³-hybridized carbons (Fsp3) is 0.381. The van der Waals surface area contributed by atoms with Crippen molar-refractivity contribution < 1.29 is 19.4 Å². The maximum absolute atomic E-state index is 12.4. The Morgan fingerprint density at radius 1 is 1.19 bits per heavy atom. The lowest BCUT2D eigenvalue weighted by molar-refractivity contribution is 0.0223. The van der Waals surface area contributed by atoms with Gasteiger partial charge in [0, 0.05) is 12.1 Å². The normalized spacial score (nSPS) is 13.9. The molecule has 2 aromatic rings. The number of fused-ring (bicyclic) bond motifs is 1. The van der Waals surface area contributed by atoms with Gasteiger partial charge < -0.3 is 19.5 Å². The number of carbonyl (C=O) groups is 1. The predicted molar refractivity (Wildman–Crippen MR) is 99.2 cm³/mol. The smallest absolute Gasteiger partial charge is 0.410 e. The van der Waals surface area contributed by atoms with E-state index in [0.717, 1.165) is 23.3 Å². The molecule has 5 nitrogen and oxygen atoms in total. The molecule has 0 radical (unpaired) electrons. The number of hydrogen-bond donors (Lipinski definition) is 1. The van der Waals surface area contributed by atoms with Gasteiger partial charge in [0.2, 0.25) is 0 Å². The van der Waals surface area contributed by atoms with Gasteiger partial charge in [-0.3, -0.25) is 0 Å². The highest BCUT2D eigenvalue weighted by atomic mass is 16.6. The van der Waals surface area contributed by atoms with Gasteiger partial charge in [-0.25, -0.2) is 4.79 Å². The van der Waals surface area contributed by atoms with Crippen molar-refractivity contribution >= 4 is 6.09 Å². The molecule has 0 aromatic heterocycles. The van der Waals surface area contributed by atoms with E-state index in [4.69, 9.17) is 9.47 Å². The molecule has 0 saturated heterocycles. The Balaban J connectivity index is 1.82. The van der Waals surface area contributed by atoms with Crippen molar-refractivity contribution in [3.8, 4) is 11.5 Å². The Hall–Kier alpha value is -2.53. The average molecular weight is 355 g/mol. The van der Waals surface area contributed by atoms with Gasteiger partial charge in [-0.15, -0.1) is 0 Å². The van der Waals surface area contributed by atoms with Crippen molar-refractivity contribution in [3.05, 3.63) is 59.2 Å². The molecular weight excluding hydrogens is 330 g/mol. The average Bonchev–Trinajstić information content (AvgIpc) is 2.60. The lowest BCUT2D eigenvalue weighted by atomic mass is 9.99. The van der Waals surface area contributed by atoms with Crippen molar-refractivity contribution in [2.45, 2.75) is 45.9 Å². The highest BCUT2D eigenvalue weighted by molar-refractivity contribution is 5.69. The Morgan fingerprint density at radius 3 is 2.69 bits per heavy atom. The van der Waals surface area contributed by atoms with Gasteiger partial charge in [0.15, 0.2) is 0 Å². The summed E-state index contributed by atoms with van der Waals surface area (Å²) in [6.45, 7) is 6.66. The number of amides is 1. The SMILES string of the molecule is CC(C)(C)OC(=O)N1CCc2cccc(Oc3cccc(CO)c3)c2C1. The highest BCUT2D eigenvalue weighted by Crippen LogP contribution is 2.32. The molecule has 1 aliphatic rings. The Kier molecular flexibility index (Phi) is 5.18. The number of carbonyl (C=O) groups excluding carboxylic acids is 1. The molecule has 0 saturated carbocycles. The molecule has 0 unspecified atom stereocenters. The van der Waals surface area contributed by atoms with Crippen LogP contribution in [0.1, 0.15) is 37.5 Å². The lowest BCUT2D eigenvalue weighted by Crippen LogP contribution is -2.40. The first kappa shape index (κ1) is 18.3. The van der Waals surface area contributed by atoms with Gasteiger partial charge in [0.1, 0.15) is 17.1 Å². The van der Waals surface area contributed by atoms with Crippen molar-refractivity contribution in [2.75, 3.05) is 6.54 Å². The molecule has 138 valence electrons. The van der Waals surface area contributed by atoms with Gasteiger partial charge in [-0.05, 0) is 56.5 Å². The molecule has 1 amide bonds. The standard InChI is InChI=1S/C21H25NO4/c1-21(2,3)26-20(24)22-11-10-16-7-5-9-19(18(16)13-22)25-17-8-4-6-15(12-17)14-23/h4-9,12,23H,10-11,13-14H2,1-3H3. The van der Waals surface area contributed by atoms with Crippen LogP contribution < -0.4 is 4.74 Å². The van der Waals surface area contributed by atoms with E-state index in [9.17, 15) is 9.90 Å². The van der Waals surface area contributed by atoms with Gasteiger partial charge in [-0.2, -0.15) is 0 Å². The minimum atomic E-state index is -0.516. The summed E-state index contributed by atoms with van der Waals surface area (Å²) >= 11 is 0. The molecule has 0 aliphatic carbocycles. The number of hydrogen-bond acceptors (Lipinski definition) is 4. The van der Waals surface area contributed by atoms with Gasteiger partial charge in [0.25, 0.3) is 0 Å². The summed E-state index contributed by atoms with van der Waals surface area (Å²) in [6, 6.07) is 13.3. The number of benzene rings is 2. The van der Waals surface area contributed by atoms with Crippen molar-refractivity contribution in [1.82, 2.24) is 4.90 Å². The zero-order valence-corrected chi connectivity index (χ0v) is 15.5. The molecule has 1 aliphatic heterocycles. The van der Waals surface area contributed by atoms with E-state index < -0.39 is 5.60 Å². The topological polar surface area (TPSA) is 59.0 Å². The van der Waals surface area contributed by atoms with Gasteiger partial charge in [-0.1, -0.05) is 24.3 Å². The first-order chi connectivity index (χ1) is 12.4. The van der Waals surface area contributed by atoms with E-state index in [2.05, 4.69) is 6.07 Å². The molecule has 0 bridgehead atoms. The van der Waals surface area contributed by atoms with Crippen molar-refractivity contribution in [2.24, 2.45) is 0 Å². The third-order valence-electron chi connectivity index (χ3n) is 4.19. The number of rotatable bonds is 3. The summed E-state index contributed by atoms with van der Waals surface area (Å²) in [5.74, 6) is 1.39. The second kappa shape index (κ2) is 7.38. The number of nitrogens with zero attached hydrogens (tertiary/aromatic N) is 1. The Morgan fingerprint density at radius 2 is 1.96 bits per heavy atom. The lowest BCUT2D eigenvalue weighted by Gasteiger charge is -2.32. The first-order valence-electron chi connectivity index (χ1n) is 8.82. The summed E-state index contributed by atoms with van der Waals surface area (Å²) in [6.07, 6.45) is 0.461. The minimum absolute atomic E-state index is 0.0312. The molecule has 0 atom stereocenters. The van der Waals surface area contributed by atoms with E-state index in [1.54, 1.807) is 4.90 Å². The Labute approximate surface area is 154 Å². The minimum Gasteiger partial charge on any atom is -0.457 e. The second-order valence-electron chi connectivity index (χ2n) is 7.45. The molecule has 2 aromatic carbocycles. The summed E-state index contributed by atoms with van der Waals surface area (Å²) in [7, 11) is 0. The largest absolute Gasteiger partial charge is 0.457 e. The van der Waals surface area contributed by atoms with E-state index >= 15 is 0 Å². The zero-order valence-electron chi connectivity index (χ0n) is 15.5. The summed E-state index contributed by atoms with van der Waals surface area (Å²) in [4.78, 5) is 14.1. The van der Waals surface area contributed by atoms with E-state index in [0.29, 0.717) is 18.8 Å². The van der Waals surface area contributed by atoms with E-state index in [-0.39, 0.29) is 12.7 Å².